The number of nitrogens with one attached hydrogen (secondary N) is 1. The van der Waals surface area contributed by atoms with Gasteiger partial charge in [0.05, 0.1) is 0 Å². The average molecular weight is 234 g/mol. The Labute approximate surface area is 103 Å². The molecule has 0 saturated heterocycles. The second kappa shape index (κ2) is 6.03. The van der Waals surface area contributed by atoms with Gasteiger partial charge in [-0.05, 0) is 30.5 Å². The fourth-order valence-electron chi connectivity index (χ4n) is 2.56. The van der Waals surface area contributed by atoms with Crippen LogP contribution in [0.3, 0.4) is 0 Å². The molecule has 0 aliphatic heterocycles. The summed E-state index contributed by atoms with van der Waals surface area (Å²) in [5, 5.41) is 12.9. The Hall–Kier alpha value is -1.06. The Morgan fingerprint density at radius 3 is 2.41 bits per heavy atom. The summed E-state index contributed by atoms with van der Waals surface area (Å²) in [4.78, 5) is 0. The molecule has 1 aromatic carbocycles. The molecule has 3 heteroatoms. The molecule has 1 aromatic rings. The van der Waals surface area contributed by atoms with Gasteiger partial charge in [-0.25, -0.2) is 0 Å². The van der Waals surface area contributed by atoms with Crippen LogP contribution in [0, 0.1) is 0 Å². The van der Waals surface area contributed by atoms with Crippen molar-refractivity contribution in [3.8, 4) is 5.75 Å². The minimum Gasteiger partial charge on any atom is -0.508 e. The third-order valence-corrected chi connectivity index (χ3v) is 3.57. The summed E-state index contributed by atoms with van der Waals surface area (Å²) in [6.45, 7) is 0.598. The summed E-state index contributed by atoms with van der Waals surface area (Å²) in [5.41, 5.74) is 7.00. The highest BCUT2D eigenvalue weighted by Gasteiger charge is 2.18. The lowest BCUT2D eigenvalue weighted by Crippen LogP contribution is -2.37. The molecule has 3 nitrogen and oxygen atoms in total. The fourth-order valence-corrected chi connectivity index (χ4v) is 2.56. The molecule has 0 heterocycles. The van der Waals surface area contributed by atoms with Gasteiger partial charge in [0.2, 0.25) is 0 Å². The smallest absolute Gasteiger partial charge is 0.115 e. The Bertz CT molecular complexity index is 331. The van der Waals surface area contributed by atoms with Crippen LogP contribution in [-0.2, 0) is 0 Å². The zero-order valence-electron chi connectivity index (χ0n) is 10.2. The number of aromatic hydroxyl groups is 1. The van der Waals surface area contributed by atoms with Gasteiger partial charge in [-0.2, -0.15) is 0 Å². The van der Waals surface area contributed by atoms with Crippen molar-refractivity contribution >= 4 is 0 Å². The quantitative estimate of drug-likeness (QED) is 0.749. The standard InChI is InChI=1S/C14H22N2O/c15-10-14(11-6-8-13(17)9-7-11)16-12-4-2-1-3-5-12/h6-9,12,14,16-17H,1-5,10,15H2. The molecular weight excluding hydrogens is 212 g/mol. The van der Waals surface area contributed by atoms with Crippen molar-refractivity contribution in [2.45, 2.75) is 44.2 Å². The van der Waals surface area contributed by atoms with Gasteiger partial charge in [-0.1, -0.05) is 31.4 Å². The molecule has 1 fully saturated rings. The summed E-state index contributed by atoms with van der Waals surface area (Å²) >= 11 is 0. The third-order valence-electron chi connectivity index (χ3n) is 3.57. The number of hydrogen-bond acceptors (Lipinski definition) is 3. The first-order valence-electron chi connectivity index (χ1n) is 6.54. The Morgan fingerprint density at radius 2 is 1.82 bits per heavy atom. The number of phenols is 1. The fraction of sp³-hybridized carbons (Fsp3) is 0.571. The van der Waals surface area contributed by atoms with Crippen LogP contribution in [0.2, 0.25) is 0 Å². The average Bonchev–Trinajstić information content (AvgIpc) is 2.38. The summed E-state index contributed by atoms with van der Waals surface area (Å²) in [6, 6.07) is 8.15. The summed E-state index contributed by atoms with van der Waals surface area (Å²) < 4.78 is 0. The zero-order valence-corrected chi connectivity index (χ0v) is 10.2. The van der Waals surface area contributed by atoms with Crippen molar-refractivity contribution in [1.29, 1.82) is 0 Å². The van der Waals surface area contributed by atoms with Gasteiger partial charge >= 0.3 is 0 Å². The van der Waals surface area contributed by atoms with E-state index in [4.69, 9.17) is 5.73 Å². The number of rotatable bonds is 4. The maximum Gasteiger partial charge on any atom is 0.115 e. The van der Waals surface area contributed by atoms with Crippen molar-refractivity contribution < 1.29 is 5.11 Å². The van der Waals surface area contributed by atoms with Crippen LogP contribution in [0.5, 0.6) is 5.75 Å². The lowest BCUT2D eigenvalue weighted by atomic mass is 9.94. The molecule has 1 unspecified atom stereocenters. The van der Waals surface area contributed by atoms with E-state index in [2.05, 4.69) is 5.32 Å². The summed E-state index contributed by atoms with van der Waals surface area (Å²) in [7, 11) is 0. The van der Waals surface area contributed by atoms with Crippen LogP contribution in [0.25, 0.3) is 0 Å². The predicted octanol–water partition coefficient (Wildman–Crippen LogP) is 2.31. The number of nitrogens with two attached hydrogens (primary N) is 1. The molecule has 1 atom stereocenters. The van der Waals surface area contributed by atoms with Crippen molar-refractivity contribution in [3.05, 3.63) is 29.8 Å². The zero-order chi connectivity index (χ0) is 12.1. The van der Waals surface area contributed by atoms with Crippen molar-refractivity contribution in [2.24, 2.45) is 5.73 Å². The molecule has 2 rings (SSSR count). The highest BCUT2D eigenvalue weighted by Crippen LogP contribution is 2.22. The molecule has 1 aliphatic carbocycles. The molecule has 4 N–H and O–H groups in total. The minimum atomic E-state index is 0.207. The topological polar surface area (TPSA) is 58.3 Å². The first-order chi connectivity index (χ1) is 8.29. The van der Waals surface area contributed by atoms with Crippen LogP contribution in [-0.4, -0.2) is 17.7 Å². The normalized spacial score (nSPS) is 19.1. The van der Waals surface area contributed by atoms with E-state index in [-0.39, 0.29) is 6.04 Å². The molecule has 1 aliphatic rings. The summed E-state index contributed by atoms with van der Waals surface area (Å²) in [5.74, 6) is 0.308. The maximum absolute atomic E-state index is 9.28. The molecule has 17 heavy (non-hydrogen) atoms. The highest BCUT2D eigenvalue weighted by atomic mass is 16.3. The second-order valence-corrected chi connectivity index (χ2v) is 4.88. The van der Waals surface area contributed by atoms with Gasteiger partial charge in [0.15, 0.2) is 0 Å². The van der Waals surface area contributed by atoms with Gasteiger partial charge < -0.3 is 16.2 Å². The van der Waals surface area contributed by atoms with E-state index in [1.165, 1.54) is 32.1 Å². The molecule has 0 bridgehead atoms. The van der Waals surface area contributed by atoms with Gasteiger partial charge in [0.1, 0.15) is 5.75 Å². The van der Waals surface area contributed by atoms with Crippen molar-refractivity contribution in [3.63, 3.8) is 0 Å². The number of hydrogen-bond donors (Lipinski definition) is 3. The monoisotopic (exact) mass is 234 g/mol. The van der Waals surface area contributed by atoms with E-state index in [1.54, 1.807) is 12.1 Å². The van der Waals surface area contributed by atoms with Gasteiger partial charge in [-0.3, -0.25) is 0 Å². The Morgan fingerprint density at radius 1 is 1.18 bits per heavy atom. The highest BCUT2D eigenvalue weighted by molar-refractivity contribution is 5.28. The minimum absolute atomic E-state index is 0.207. The molecule has 0 amide bonds. The van der Waals surface area contributed by atoms with E-state index in [0.717, 1.165) is 5.56 Å². The predicted molar refractivity (Wildman–Crippen MR) is 69.9 cm³/mol. The van der Waals surface area contributed by atoms with E-state index in [9.17, 15) is 5.11 Å². The Balaban J connectivity index is 1.97. The maximum atomic E-state index is 9.28. The van der Waals surface area contributed by atoms with Crippen LogP contribution < -0.4 is 11.1 Å². The molecular formula is C14H22N2O. The van der Waals surface area contributed by atoms with E-state index >= 15 is 0 Å². The largest absolute Gasteiger partial charge is 0.508 e. The second-order valence-electron chi connectivity index (χ2n) is 4.88. The number of benzene rings is 1. The molecule has 0 radical (unpaired) electrons. The van der Waals surface area contributed by atoms with E-state index in [1.807, 2.05) is 12.1 Å². The lowest BCUT2D eigenvalue weighted by molar-refractivity contribution is 0.340. The van der Waals surface area contributed by atoms with Gasteiger partial charge in [0.25, 0.3) is 0 Å². The first kappa shape index (κ1) is 12.4. The van der Waals surface area contributed by atoms with Crippen molar-refractivity contribution in [2.75, 3.05) is 6.54 Å². The van der Waals surface area contributed by atoms with Crippen LogP contribution in [0.4, 0.5) is 0 Å². The molecule has 1 saturated carbocycles. The van der Waals surface area contributed by atoms with E-state index in [0.29, 0.717) is 18.3 Å². The molecule has 94 valence electrons. The lowest BCUT2D eigenvalue weighted by Gasteiger charge is -2.28. The first-order valence-corrected chi connectivity index (χ1v) is 6.54. The van der Waals surface area contributed by atoms with Gasteiger partial charge in [0, 0.05) is 18.6 Å². The SMILES string of the molecule is NCC(NC1CCCCC1)c1ccc(O)cc1. The van der Waals surface area contributed by atoms with Crippen LogP contribution in [0.15, 0.2) is 24.3 Å². The van der Waals surface area contributed by atoms with Crippen LogP contribution >= 0.6 is 0 Å². The number of phenolic OH excluding ortho intramolecular Hbond substituents is 1. The van der Waals surface area contributed by atoms with Crippen LogP contribution in [0.1, 0.15) is 43.7 Å². The molecule has 0 aromatic heterocycles. The molecule has 0 spiro atoms. The Kier molecular flexibility index (Phi) is 4.40. The summed E-state index contributed by atoms with van der Waals surface area (Å²) in [6.07, 6.45) is 6.53. The van der Waals surface area contributed by atoms with E-state index < -0.39 is 0 Å². The van der Waals surface area contributed by atoms with Crippen molar-refractivity contribution in [1.82, 2.24) is 5.32 Å². The van der Waals surface area contributed by atoms with Gasteiger partial charge in [-0.15, -0.1) is 0 Å². The third kappa shape index (κ3) is 3.45.